The molecule has 37 heavy (non-hydrogen) atoms. The fourth-order valence-corrected chi connectivity index (χ4v) is 5.58. The summed E-state index contributed by atoms with van der Waals surface area (Å²) in [5.41, 5.74) is 0.217. The van der Waals surface area contributed by atoms with Crippen LogP contribution in [-0.4, -0.2) is 37.3 Å². The van der Waals surface area contributed by atoms with Crippen LogP contribution in [0.3, 0.4) is 0 Å². The molecule has 8 nitrogen and oxygen atoms in total. The minimum Gasteiger partial charge on any atom is -0.494 e. The van der Waals surface area contributed by atoms with E-state index in [1.54, 1.807) is 30.3 Å². The molecule has 0 atom stereocenters. The van der Waals surface area contributed by atoms with Crippen LogP contribution in [0.4, 0.5) is 4.39 Å². The van der Waals surface area contributed by atoms with E-state index in [-0.39, 0.29) is 33.5 Å². The van der Waals surface area contributed by atoms with Crippen LogP contribution in [-0.2, 0) is 9.84 Å². The van der Waals surface area contributed by atoms with E-state index in [1.165, 1.54) is 38.5 Å². The van der Waals surface area contributed by atoms with E-state index in [1.807, 2.05) is 0 Å². The van der Waals surface area contributed by atoms with Crippen LogP contribution in [0.25, 0.3) is 17.1 Å². The van der Waals surface area contributed by atoms with E-state index >= 15 is 0 Å². The molecule has 3 aromatic carbocycles. The third kappa shape index (κ3) is 4.33. The normalized spacial score (nSPS) is 13.4. The molecule has 1 aliphatic rings. The lowest BCUT2D eigenvalue weighted by Crippen LogP contribution is -2.23. The predicted molar refractivity (Wildman–Crippen MR) is 134 cm³/mol. The van der Waals surface area contributed by atoms with Crippen molar-refractivity contribution in [2.45, 2.75) is 28.6 Å². The van der Waals surface area contributed by atoms with Gasteiger partial charge in [0.2, 0.25) is 15.7 Å². The maximum atomic E-state index is 13.7. The molecule has 0 bridgehead atoms. The number of aromatic hydroxyl groups is 1. The highest BCUT2D eigenvalue weighted by molar-refractivity contribution is 7.91. The Morgan fingerprint density at radius 1 is 0.946 bits per heavy atom. The SMILES string of the molecule is COc1cccc(OC)c1-n1c(-c2ccc(F)cc2)nc(=O)c(S(=O)(=O)c2ccc(C3CC3)cc2)c1O. The molecule has 1 N–H and O–H groups in total. The lowest BCUT2D eigenvalue weighted by molar-refractivity contribution is 0.378. The standard InChI is InChI=1S/C27H23FN2O6S/c1-35-21-4-3-5-22(36-2)23(21)30-25(18-8-12-19(28)13-9-18)29-26(31)24(27(30)32)37(33,34)20-14-10-17(11-15-20)16-6-7-16/h3-5,8-16,32H,6-7H2,1-2H3. The van der Waals surface area contributed by atoms with Crippen LogP contribution in [0.1, 0.15) is 24.3 Å². The van der Waals surface area contributed by atoms with Crippen LogP contribution in [0.5, 0.6) is 17.4 Å². The number of para-hydroxylation sites is 1. The summed E-state index contributed by atoms with van der Waals surface area (Å²) in [6.07, 6.45) is 2.10. The highest BCUT2D eigenvalue weighted by Crippen LogP contribution is 2.42. The summed E-state index contributed by atoms with van der Waals surface area (Å²) in [6.45, 7) is 0. The quantitative estimate of drug-likeness (QED) is 0.382. The van der Waals surface area contributed by atoms with Gasteiger partial charge < -0.3 is 14.6 Å². The number of hydrogen-bond donors (Lipinski definition) is 1. The van der Waals surface area contributed by atoms with E-state index in [4.69, 9.17) is 9.47 Å². The summed E-state index contributed by atoms with van der Waals surface area (Å²) in [6, 6.07) is 16.1. The largest absolute Gasteiger partial charge is 0.494 e. The van der Waals surface area contributed by atoms with Crippen molar-refractivity contribution in [2.75, 3.05) is 14.2 Å². The number of sulfone groups is 1. The number of rotatable bonds is 7. The second kappa shape index (κ2) is 9.36. The van der Waals surface area contributed by atoms with Crippen LogP contribution in [0.2, 0.25) is 0 Å². The summed E-state index contributed by atoms with van der Waals surface area (Å²) in [4.78, 5) is 16.2. The number of aromatic nitrogens is 2. The average Bonchev–Trinajstić information content (AvgIpc) is 3.74. The van der Waals surface area contributed by atoms with Gasteiger partial charge in [0.25, 0.3) is 5.56 Å². The number of nitrogens with zero attached hydrogens (tertiary/aromatic N) is 2. The molecule has 5 rings (SSSR count). The summed E-state index contributed by atoms with van der Waals surface area (Å²) in [5.74, 6) is -0.703. The topological polar surface area (TPSA) is 108 Å². The van der Waals surface area contributed by atoms with Crippen LogP contribution in [0, 0.1) is 5.82 Å². The van der Waals surface area contributed by atoms with Crippen LogP contribution >= 0.6 is 0 Å². The summed E-state index contributed by atoms with van der Waals surface area (Å²) < 4.78 is 52.9. The Morgan fingerprint density at radius 3 is 2.08 bits per heavy atom. The summed E-state index contributed by atoms with van der Waals surface area (Å²) >= 11 is 0. The van der Waals surface area contributed by atoms with Crippen molar-refractivity contribution in [1.29, 1.82) is 0 Å². The molecule has 4 aromatic rings. The highest BCUT2D eigenvalue weighted by atomic mass is 32.2. The van der Waals surface area contributed by atoms with Gasteiger partial charge in [0.1, 0.15) is 23.0 Å². The Balaban J connectivity index is 1.81. The van der Waals surface area contributed by atoms with Gasteiger partial charge in [-0.1, -0.05) is 18.2 Å². The molecule has 190 valence electrons. The molecule has 0 amide bonds. The number of methoxy groups -OCH3 is 2. The Morgan fingerprint density at radius 2 is 1.54 bits per heavy atom. The maximum absolute atomic E-state index is 13.7. The number of benzene rings is 3. The highest BCUT2D eigenvalue weighted by Gasteiger charge is 2.33. The molecular formula is C27H23FN2O6S. The van der Waals surface area contributed by atoms with Crippen LogP contribution in [0.15, 0.2) is 81.3 Å². The lowest BCUT2D eigenvalue weighted by atomic mass is 10.1. The molecule has 1 fully saturated rings. The average molecular weight is 523 g/mol. The van der Waals surface area contributed by atoms with Gasteiger partial charge >= 0.3 is 0 Å². The molecule has 0 unspecified atom stereocenters. The third-order valence-corrected chi connectivity index (χ3v) is 8.05. The van der Waals surface area contributed by atoms with Gasteiger partial charge in [0.15, 0.2) is 10.7 Å². The van der Waals surface area contributed by atoms with E-state index in [9.17, 15) is 22.7 Å². The summed E-state index contributed by atoms with van der Waals surface area (Å²) in [5, 5.41) is 11.5. The zero-order chi connectivity index (χ0) is 26.3. The monoisotopic (exact) mass is 522 g/mol. The lowest BCUT2D eigenvalue weighted by Gasteiger charge is -2.21. The number of hydrogen-bond acceptors (Lipinski definition) is 7. The molecule has 1 aromatic heterocycles. The minimum atomic E-state index is -4.49. The molecule has 0 spiro atoms. The van der Waals surface area contributed by atoms with Crippen molar-refractivity contribution in [3.8, 4) is 34.5 Å². The van der Waals surface area contributed by atoms with E-state index in [0.29, 0.717) is 5.92 Å². The Kier molecular flexibility index (Phi) is 6.20. The van der Waals surface area contributed by atoms with Crippen molar-refractivity contribution in [3.63, 3.8) is 0 Å². The molecule has 0 radical (unpaired) electrons. The first-order valence-electron chi connectivity index (χ1n) is 11.4. The fraction of sp³-hybridized carbons (Fsp3) is 0.185. The maximum Gasteiger partial charge on any atom is 0.296 e. The molecular weight excluding hydrogens is 499 g/mol. The molecule has 1 heterocycles. The van der Waals surface area contributed by atoms with E-state index in [2.05, 4.69) is 4.98 Å². The third-order valence-electron chi connectivity index (χ3n) is 6.26. The summed E-state index contributed by atoms with van der Waals surface area (Å²) in [7, 11) is -1.70. The second-order valence-electron chi connectivity index (χ2n) is 8.59. The predicted octanol–water partition coefficient (Wildman–Crippen LogP) is 4.47. The van der Waals surface area contributed by atoms with Crippen molar-refractivity contribution < 1.29 is 27.4 Å². The van der Waals surface area contributed by atoms with Crippen molar-refractivity contribution in [2.24, 2.45) is 0 Å². The Hall–Kier alpha value is -4.18. The van der Waals surface area contributed by atoms with Gasteiger partial charge in [-0.05, 0) is 72.9 Å². The van der Waals surface area contributed by atoms with Crippen molar-refractivity contribution in [1.82, 2.24) is 9.55 Å². The van der Waals surface area contributed by atoms with E-state index in [0.717, 1.165) is 35.1 Å². The smallest absolute Gasteiger partial charge is 0.296 e. The number of halogens is 1. The van der Waals surface area contributed by atoms with Crippen LogP contribution < -0.4 is 15.0 Å². The molecule has 1 saturated carbocycles. The molecule has 0 aliphatic heterocycles. The second-order valence-corrected chi connectivity index (χ2v) is 10.5. The first-order valence-corrected chi connectivity index (χ1v) is 12.9. The van der Waals surface area contributed by atoms with Crippen molar-refractivity contribution in [3.05, 3.63) is 88.5 Å². The van der Waals surface area contributed by atoms with E-state index < -0.39 is 32.0 Å². The van der Waals surface area contributed by atoms with Gasteiger partial charge in [0, 0.05) is 5.56 Å². The van der Waals surface area contributed by atoms with Gasteiger partial charge in [-0.15, -0.1) is 0 Å². The minimum absolute atomic E-state index is 0.109. The Labute approximate surface area is 212 Å². The van der Waals surface area contributed by atoms with Gasteiger partial charge in [0.05, 0.1) is 19.1 Å². The number of ether oxygens (including phenoxy) is 2. The molecule has 10 heteroatoms. The van der Waals surface area contributed by atoms with Gasteiger partial charge in [-0.2, -0.15) is 4.98 Å². The zero-order valence-corrected chi connectivity index (χ0v) is 20.8. The van der Waals surface area contributed by atoms with Gasteiger partial charge in [-0.3, -0.25) is 9.36 Å². The van der Waals surface area contributed by atoms with Gasteiger partial charge in [-0.25, -0.2) is 12.8 Å². The fourth-order valence-electron chi connectivity index (χ4n) is 4.24. The molecule has 0 saturated heterocycles. The zero-order valence-electron chi connectivity index (χ0n) is 20.0. The Bertz CT molecular complexity index is 1620. The molecule has 1 aliphatic carbocycles. The van der Waals surface area contributed by atoms with Crippen molar-refractivity contribution >= 4 is 9.84 Å². The first kappa shape index (κ1) is 24.5. The first-order chi connectivity index (χ1) is 17.8.